The molecule has 5 rings (SSSR count). The van der Waals surface area contributed by atoms with E-state index >= 15 is 0 Å². The van der Waals surface area contributed by atoms with Crippen molar-refractivity contribution in [1.29, 1.82) is 0 Å². The van der Waals surface area contributed by atoms with Crippen LogP contribution in [0.2, 0.25) is 41.3 Å². The zero-order valence-electron chi connectivity index (χ0n) is 29.3. The van der Waals surface area contributed by atoms with Gasteiger partial charge in [-0.2, -0.15) is 0 Å². The Labute approximate surface area is 294 Å². The fraction of sp³-hybridized carbons (Fsp3) is 0.645. The van der Waals surface area contributed by atoms with Crippen molar-refractivity contribution in [3.63, 3.8) is 0 Å². The van der Waals surface area contributed by atoms with Crippen molar-refractivity contribution in [3.8, 4) is 0 Å². The van der Waals surface area contributed by atoms with E-state index < -0.39 is 59.8 Å². The molecule has 48 heavy (non-hydrogen) atoms. The first-order chi connectivity index (χ1) is 22.1. The van der Waals surface area contributed by atoms with E-state index in [1.807, 2.05) is 4.57 Å². The van der Waals surface area contributed by atoms with Crippen LogP contribution < -0.4 is 5.73 Å². The number of fused-ring (bicyclic) bond motifs is 1. The minimum atomic E-state index is -3.33. The van der Waals surface area contributed by atoms with Crippen molar-refractivity contribution in [1.82, 2.24) is 19.5 Å². The number of aromatic nitrogens is 4. The van der Waals surface area contributed by atoms with Gasteiger partial charge in [0.1, 0.15) is 36.0 Å². The third-order valence-electron chi connectivity index (χ3n) is 10.0. The summed E-state index contributed by atoms with van der Waals surface area (Å²) in [6.45, 7) is 18.8. The Hall–Kier alpha value is -1.37. The molecular weight excluding hydrogens is 712 g/mol. The Morgan fingerprint density at radius 1 is 1.04 bits per heavy atom. The van der Waals surface area contributed by atoms with Gasteiger partial charge >= 0.3 is 6.72 Å². The molecule has 2 saturated heterocycles. The van der Waals surface area contributed by atoms with Crippen LogP contribution in [0, 0.1) is 5.82 Å². The van der Waals surface area contributed by atoms with Crippen LogP contribution >= 0.6 is 18.3 Å². The van der Waals surface area contributed by atoms with E-state index in [0.29, 0.717) is 28.2 Å². The summed E-state index contributed by atoms with van der Waals surface area (Å²) in [6, 6.07) is 4.36. The summed E-state index contributed by atoms with van der Waals surface area (Å²) in [4.78, 5) is 13.1. The molecule has 17 heteroatoms. The predicted molar refractivity (Wildman–Crippen MR) is 194 cm³/mol. The van der Waals surface area contributed by atoms with E-state index in [2.05, 4.69) is 82.7 Å². The summed E-state index contributed by atoms with van der Waals surface area (Å²) in [5, 5.41) is 0.179. The van der Waals surface area contributed by atoms with Crippen LogP contribution in [0.5, 0.6) is 0 Å². The van der Waals surface area contributed by atoms with E-state index in [0.717, 1.165) is 0 Å². The number of hydrogen-bond donors (Lipinski definition) is 1. The summed E-state index contributed by atoms with van der Waals surface area (Å²) >= 11 is 12.0. The average Bonchev–Trinajstić information content (AvgIpc) is 3.54. The van der Waals surface area contributed by atoms with E-state index in [-0.39, 0.29) is 29.1 Å². The molecule has 0 spiro atoms. The molecule has 0 saturated carbocycles. The first kappa shape index (κ1) is 37.9. The van der Waals surface area contributed by atoms with E-state index in [1.54, 1.807) is 12.4 Å². The van der Waals surface area contributed by atoms with Gasteiger partial charge in [-0.05, 0) is 66.3 Å². The molecular formula is C31H48ClFN5O6PSSi2. The number of nitrogens with two attached hydrogens (primary N) is 1. The Bertz CT molecular complexity index is 1690. The number of nitrogen functional groups attached to an aromatic ring is 1. The number of ether oxygens (including phenoxy) is 1. The highest BCUT2D eigenvalue weighted by atomic mass is 35.5. The number of imidazole rings is 1. The Kier molecular flexibility index (Phi) is 10.8. The summed E-state index contributed by atoms with van der Waals surface area (Å²) in [6.07, 6.45) is 0.316. The second kappa shape index (κ2) is 13.6. The van der Waals surface area contributed by atoms with Crippen molar-refractivity contribution in [2.75, 3.05) is 18.9 Å². The van der Waals surface area contributed by atoms with Crippen molar-refractivity contribution in [3.05, 3.63) is 47.3 Å². The lowest BCUT2D eigenvalue weighted by Crippen LogP contribution is -2.54. The maximum atomic E-state index is 14.8. The highest BCUT2D eigenvalue weighted by Crippen LogP contribution is 2.58. The van der Waals surface area contributed by atoms with Crippen LogP contribution in [0.25, 0.3) is 11.2 Å². The molecule has 11 nitrogen and oxygen atoms in total. The maximum Gasteiger partial charge on any atom is 0.327 e. The molecule has 2 N–H and O–H groups in total. The Morgan fingerprint density at radius 3 is 2.33 bits per heavy atom. The van der Waals surface area contributed by atoms with Gasteiger partial charge in [0.05, 0.1) is 25.6 Å². The molecule has 0 bridgehead atoms. The lowest BCUT2D eigenvalue weighted by atomic mass is 10.1. The van der Waals surface area contributed by atoms with Crippen molar-refractivity contribution in [2.45, 2.75) is 115 Å². The molecule has 4 heterocycles. The van der Waals surface area contributed by atoms with E-state index in [1.165, 1.54) is 18.5 Å². The van der Waals surface area contributed by atoms with Crippen LogP contribution in [0.3, 0.4) is 0 Å². The second-order valence-corrected chi connectivity index (χ2v) is 28.4. The Morgan fingerprint density at radius 2 is 1.69 bits per heavy atom. The van der Waals surface area contributed by atoms with Gasteiger partial charge in [-0.3, -0.25) is 4.57 Å². The molecule has 0 aliphatic carbocycles. The number of hydrogen-bond acceptors (Lipinski definition) is 11. The number of rotatable bonds is 9. The van der Waals surface area contributed by atoms with Gasteiger partial charge in [-0.25, -0.2) is 19.3 Å². The zero-order valence-corrected chi connectivity index (χ0v) is 33.8. The number of anilines is 1. The summed E-state index contributed by atoms with van der Waals surface area (Å²) in [7, 11) is -4.82. The molecule has 266 valence electrons. The molecule has 2 aliphatic rings. The number of nitrogens with zero attached hydrogens (tertiary/aromatic N) is 4. The monoisotopic (exact) mass is 759 g/mol. The minimum absolute atomic E-state index is 0.0150. The molecule has 1 aromatic carbocycles. The van der Waals surface area contributed by atoms with Gasteiger partial charge in [-0.15, -0.1) is 0 Å². The van der Waals surface area contributed by atoms with Gasteiger partial charge in [0, 0.05) is 17.0 Å². The summed E-state index contributed by atoms with van der Waals surface area (Å²) < 4.78 is 56.3. The van der Waals surface area contributed by atoms with Crippen LogP contribution in [0.4, 0.5) is 10.2 Å². The van der Waals surface area contributed by atoms with Gasteiger partial charge in [-0.1, -0.05) is 53.1 Å². The standard InChI is InChI=1S/C31H48ClFN5O6PSSi2/c1-30(2,3)47(7,8)43-25-23(16-40-45(46)39-14-13-22(42-45)20-15-19(32)11-12-21(20)33)41-29(26(25)44-48(9,10)31(4,5)6)38-18-37-24-27(34)35-17-36-28(24)38/h11-12,15,17-18,22-23,25-26,29H,13-14,16H2,1-10H3,(H2,34,35,36)/t22?,23-,25-,26-,29-,45?/m1/s1. The van der Waals surface area contributed by atoms with Crippen LogP contribution in [-0.4, -0.2) is 67.7 Å². The Balaban J connectivity index is 1.52. The molecule has 3 aromatic rings. The highest BCUT2D eigenvalue weighted by molar-refractivity contribution is 8.07. The normalized spacial score (nSPS) is 27.5. The quantitative estimate of drug-likeness (QED) is 0.167. The largest absolute Gasteiger partial charge is 0.408 e. The van der Waals surface area contributed by atoms with E-state index in [9.17, 15) is 4.39 Å². The summed E-state index contributed by atoms with van der Waals surface area (Å²) in [5.41, 5.74) is 7.46. The average molecular weight is 760 g/mol. The van der Waals surface area contributed by atoms with Crippen molar-refractivity contribution in [2.24, 2.45) is 0 Å². The minimum Gasteiger partial charge on any atom is -0.408 e. The van der Waals surface area contributed by atoms with E-state index in [4.69, 9.17) is 56.3 Å². The predicted octanol–water partition coefficient (Wildman–Crippen LogP) is 8.30. The molecule has 0 amide bonds. The van der Waals surface area contributed by atoms with Crippen molar-refractivity contribution >= 4 is 63.7 Å². The van der Waals surface area contributed by atoms with Gasteiger partial charge in [0.25, 0.3) is 0 Å². The number of benzene rings is 1. The smallest absolute Gasteiger partial charge is 0.327 e. The third kappa shape index (κ3) is 7.76. The fourth-order valence-electron chi connectivity index (χ4n) is 5.14. The third-order valence-corrected chi connectivity index (χ3v) is 21.6. The molecule has 2 unspecified atom stereocenters. The fourth-order valence-corrected chi connectivity index (χ4v) is 10.0. The second-order valence-electron chi connectivity index (χ2n) is 15.5. The van der Waals surface area contributed by atoms with Crippen molar-refractivity contribution < 1.29 is 31.6 Å². The maximum absolute atomic E-state index is 14.8. The molecule has 2 fully saturated rings. The van der Waals surface area contributed by atoms with Gasteiger partial charge in [0.2, 0.25) is 0 Å². The van der Waals surface area contributed by atoms with Crippen LogP contribution in [0.1, 0.15) is 65.9 Å². The topological polar surface area (TPSA) is 125 Å². The van der Waals surface area contributed by atoms with Gasteiger partial charge in [0.15, 0.2) is 34.3 Å². The van der Waals surface area contributed by atoms with Crippen LogP contribution in [0.15, 0.2) is 30.9 Å². The zero-order chi connectivity index (χ0) is 35.4. The molecule has 2 aromatic heterocycles. The highest BCUT2D eigenvalue weighted by Gasteiger charge is 2.55. The molecule has 6 atom stereocenters. The van der Waals surface area contributed by atoms with Gasteiger partial charge < -0.3 is 32.9 Å². The number of halogens is 2. The lowest BCUT2D eigenvalue weighted by molar-refractivity contribution is -0.0515. The molecule has 2 aliphatic heterocycles. The van der Waals surface area contributed by atoms with Crippen LogP contribution in [-0.2, 0) is 39.0 Å². The lowest BCUT2D eigenvalue weighted by Gasteiger charge is -2.44. The molecule has 0 radical (unpaired) electrons. The summed E-state index contributed by atoms with van der Waals surface area (Å²) in [5.74, 6) is -0.164. The first-order valence-electron chi connectivity index (χ1n) is 16.1. The SMILES string of the molecule is CC(C)(C)[Si](C)(C)O[C@@H]1[C@H](O[Si](C)(C)C(C)(C)C)[C@@H](COP2(=S)OCCC(c3cc(Cl)ccc3F)O2)O[C@H]1n1cnc2c(N)ncnc21. The first-order valence-corrected chi connectivity index (χ1v) is 24.8.